The Morgan fingerprint density at radius 1 is 1.38 bits per heavy atom. The molecule has 3 N–H and O–H groups in total. The lowest BCUT2D eigenvalue weighted by Crippen LogP contribution is -2.20. The van der Waals surface area contributed by atoms with E-state index in [-0.39, 0.29) is 11.5 Å². The highest BCUT2D eigenvalue weighted by atomic mass is 16.6. The summed E-state index contributed by atoms with van der Waals surface area (Å²) in [5.74, 6) is 6.08. The van der Waals surface area contributed by atoms with Crippen molar-refractivity contribution in [3.63, 3.8) is 0 Å². The highest BCUT2D eigenvalue weighted by Gasteiger charge is 2.17. The number of aryl methyl sites for hydroxylation is 1. The molecule has 2 aromatic rings. The Morgan fingerprint density at radius 2 is 2.10 bits per heavy atom. The zero-order valence-corrected chi connectivity index (χ0v) is 11.9. The molecule has 7 heteroatoms. The molecule has 110 valence electrons. The van der Waals surface area contributed by atoms with Crippen LogP contribution in [0.4, 0.5) is 23.0 Å². The molecule has 2 rings (SSSR count). The van der Waals surface area contributed by atoms with Crippen LogP contribution in [0, 0.1) is 17.0 Å². The molecule has 0 atom stereocenters. The fourth-order valence-corrected chi connectivity index (χ4v) is 2.14. The second kappa shape index (κ2) is 6.19. The van der Waals surface area contributed by atoms with Crippen LogP contribution in [0.3, 0.4) is 0 Å². The zero-order chi connectivity index (χ0) is 15.4. The van der Waals surface area contributed by atoms with E-state index in [4.69, 9.17) is 5.84 Å². The van der Waals surface area contributed by atoms with Crippen molar-refractivity contribution in [1.82, 2.24) is 4.98 Å². The van der Waals surface area contributed by atoms with Crippen molar-refractivity contribution < 1.29 is 4.92 Å². The van der Waals surface area contributed by atoms with Gasteiger partial charge in [-0.3, -0.25) is 10.1 Å². The van der Waals surface area contributed by atoms with Crippen LogP contribution < -0.4 is 16.2 Å². The lowest BCUT2D eigenvalue weighted by atomic mass is 10.2. The van der Waals surface area contributed by atoms with Gasteiger partial charge < -0.3 is 10.3 Å². The predicted octanol–water partition coefficient (Wildman–Crippen LogP) is 2.74. The maximum Gasteiger partial charge on any atom is 0.276 e. The van der Waals surface area contributed by atoms with Crippen molar-refractivity contribution in [3.05, 3.63) is 52.1 Å². The molecule has 0 aliphatic rings. The SMILES string of the molecule is CCN(c1cc([N+](=O)[O-])cc(NN)n1)c1ccccc1C. The number of hydrogen-bond acceptors (Lipinski definition) is 6. The molecule has 0 amide bonds. The Labute approximate surface area is 122 Å². The summed E-state index contributed by atoms with van der Waals surface area (Å²) in [7, 11) is 0. The number of nitrogen functional groups attached to an aromatic ring is 1. The summed E-state index contributed by atoms with van der Waals surface area (Å²) in [5, 5.41) is 11.0. The number of pyridine rings is 1. The predicted molar refractivity (Wildman–Crippen MR) is 82.6 cm³/mol. The fourth-order valence-electron chi connectivity index (χ4n) is 2.14. The van der Waals surface area contributed by atoms with Gasteiger partial charge in [-0.2, -0.15) is 0 Å². The molecule has 1 heterocycles. The number of aromatic nitrogens is 1. The first-order chi connectivity index (χ1) is 10.1. The van der Waals surface area contributed by atoms with Crippen LogP contribution in [-0.4, -0.2) is 16.5 Å². The normalized spacial score (nSPS) is 10.2. The smallest absolute Gasteiger partial charge is 0.276 e. The van der Waals surface area contributed by atoms with Crippen molar-refractivity contribution in [1.29, 1.82) is 0 Å². The maximum atomic E-state index is 11.0. The summed E-state index contributed by atoms with van der Waals surface area (Å²) in [6.07, 6.45) is 0. The first kappa shape index (κ1) is 14.7. The van der Waals surface area contributed by atoms with Crippen LogP contribution in [0.25, 0.3) is 0 Å². The molecule has 1 aromatic heterocycles. The van der Waals surface area contributed by atoms with Crippen LogP contribution in [0.5, 0.6) is 0 Å². The Kier molecular flexibility index (Phi) is 4.34. The van der Waals surface area contributed by atoms with Crippen molar-refractivity contribution in [2.75, 3.05) is 16.9 Å². The van der Waals surface area contributed by atoms with Gasteiger partial charge >= 0.3 is 0 Å². The molecule has 0 saturated heterocycles. The number of nitrogens with one attached hydrogen (secondary N) is 1. The summed E-state index contributed by atoms with van der Waals surface area (Å²) in [4.78, 5) is 16.8. The third-order valence-electron chi connectivity index (χ3n) is 3.15. The second-order valence-electron chi connectivity index (χ2n) is 4.50. The van der Waals surface area contributed by atoms with E-state index in [1.54, 1.807) is 0 Å². The number of nitrogens with zero attached hydrogens (tertiary/aromatic N) is 3. The summed E-state index contributed by atoms with van der Waals surface area (Å²) in [6, 6.07) is 10.5. The summed E-state index contributed by atoms with van der Waals surface area (Å²) < 4.78 is 0. The minimum Gasteiger partial charge on any atom is -0.326 e. The molecule has 0 aliphatic heterocycles. The lowest BCUT2D eigenvalue weighted by Gasteiger charge is -2.24. The third-order valence-corrected chi connectivity index (χ3v) is 3.15. The number of rotatable bonds is 5. The van der Waals surface area contributed by atoms with Crippen LogP contribution in [0.15, 0.2) is 36.4 Å². The van der Waals surface area contributed by atoms with Gasteiger partial charge in [0, 0.05) is 12.2 Å². The van der Waals surface area contributed by atoms with Crippen molar-refractivity contribution in [3.8, 4) is 0 Å². The molecule has 0 spiro atoms. The highest BCUT2D eigenvalue weighted by Crippen LogP contribution is 2.30. The van der Waals surface area contributed by atoms with Gasteiger partial charge in [0.15, 0.2) is 0 Å². The van der Waals surface area contributed by atoms with E-state index in [9.17, 15) is 10.1 Å². The topological polar surface area (TPSA) is 97.3 Å². The Bertz CT molecular complexity index is 660. The molecule has 0 unspecified atom stereocenters. The molecule has 0 saturated carbocycles. The van der Waals surface area contributed by atoms with Gasteiger partial charge in [-0.1, -0.05) is 18.2 Å². The van der Waals surface area contributed by atoms with Gasteiger partial charge in [-0.05, 0) is 25.5 Å². The van der Waals surface area contributed by atoms with E-state index >= 15 is 0 Å². The van der Waals surface area contributed by atoms with Gasteiger partial charge in [-0.15, -0.1) is 0 Å². The largest absolute Gasteiger partial charge is 0.326 e. The molecule has 0 radical (unpaired) electrons. The average Bonchev–Trinajstić information content (AvgIpc) is 2.49. The van der Waals surface area contributed by atoms with Crippen LogP contribution in [0.2, 0.25) is 0 Å². The fraction of sp³-hybridized carbons (Fsp3) is 0.214. The van der Waals surface area contributed by atoms with E-state index < -0.39 is 4.92 Å². The van der Waals surface area contributed by atoms with Crippen LogP contribution >= 0.6 is 0 Å². The maximum absolute atomic E-state index is 11.0. The highest BCUT2D eigenvalue weighted by molar-refractivity contribution is 5.67. The number of anilines is 3. The minimum atomic E-state index is -0.461. The van der Waals surface area contributed by atoms with Gasteiger partial charge in [0.25, 0.3) is 5.69 Å². The molecule has 0 aliphatic carbocycles. The summed E-state index contributed by atoms with van der Waals surface area (Å²) >= 11 is 0. The molecular weight excluding hydrogens is 270 g/mol. The number of hydrazine groups is 1. The van der Waals surface area contributed by atoms with Gasteiger partial charge in [0.05, 0.1) is 17.1 Å². The third kappa shape index (κ3) is 3.09. The van der Waals surface area contributed by atoms with E-state index in [1.165, 1.54) is 12.1 Å². The number of hydrogen-bond donors (Lipinski definition) is 2. The molecule has 1 aromatic carbocycles. The van der Waals surface area contributed by atoms with Crippen molar-refractivity contribution in [2.45, 2.75) is 13.8 Å². The number of para-hydroxylation sites is 1. The minimum absolute atomic E-state index is 0.0556. The monoisotopic (exact) mass is 287 g/mol. The Morgan fingerprint density at radius 3 is 2.67 bits per heavy atom. The van der Waals surface area contributed by atoms with E-state index in [2.05, 4.69) is 10.4 Å². The molecule has 0 bridgehead atoms. The average molecular weight is 287 g/mol. The summed E-state index contributed by atoms with van der Waals surface area (Å²) in [6.45, 7) is 4.57. The van der Waals surface area contributed by atoms with Crippen LogP contribution in [0.1, 0.15) is 12.5 Å². The van der Waals surface area contributed by atoms with E-state index in [0.29, 0.717) is 12.4 Å². The van der Waals surface area contributed by atoms with E-state index in [0.717, 1.165) is 11.3 Å². The lowest BCUT2D eigenvalue weighted by molar-refractivity contribution is -0.384. The molecule has 0 fully saturated rings. The summed E-state index contributed by atoms with van der Waals surface area (Å²) in [5.41, 5.74) is 4.33. The van der Waals surface area contributed by atoms with E-state index in [1.807, 2.05) is 43.0 Å². The van der Waals surface area contributed by atoms with Crippen molar-refractivity contribution >= 4 is 23.0 Å². The number of nitro groups is 1. The standard InChI is InChI=1S/C14H17N5O2/c1-3-18(12-7-5-4-6-10(12)2)14-9-11(19(20)21)8-13(16-14)17-15/h4-9H,3,15H2,1-2H3,(H,16,17). The molecule has 21 heavy (non-hydrogen) atoms. The van der Waals surface area contributed by atoms with Gasteiger partial charge in [0.1, 0.15) is 11.6 Å². The Hall–Kier alpha value is -2.67. The van der Waals surface area contributed by atoms with Gasteiger partial charge in [0.2, 0.25) is 0 Å². The molecule has 7 nitrogen and oxygen atoms in total. The number of nitrogens with two attached hydrogens (primary N) is 1. The number of benzene rings is 1. The zero-order valence-electron chi connectivity index (χ0n) is 11.9. The van der Waals surface area contributed by atoms with Crippen LogP contribution in [-0.2, 0) is 0 Å². The molecular formula is C14H17N5O2. The quantitative estimate of drug-likeness (QED) is 0.498. The van der Waals surface area contributed by atoms with Crippen molar-refractivity contribution in [2.24, 2.45) is 5.84 Å². The first-order valence-corrected chi connectivity index (χ1v) is 6.53. The van der Waals surface area contributed by atoms with Gasteiger partial charge in [-0.25, -0.2) is 10.8 Å². The Balaban J connectivity index is 2.54. The first-order valence-electron chi connectivity index (χ1n) is 6.53. The second-order valence-corrected chi connectivity index (χ2v) is 4.50.